The molecule has 0 saturated carbocycles. The molecule has 0 bridgehead atoms. The van der Waals surface area contributed by atoms with Gasteiger partial charge in [-0.1, -0.05) is 35.9 Å². The smallest absolute Gasteiger partial charge is 0.155 e. The van der Waals surface area contributed by atoms with Crippen LogP contribution in [-0.4, -0.2) is 17.7 Å². The lowest BCUT2D eigenvalue weighted by Crippen LogP contribution is -2.50. The van der Waals surface area contributed by atoms with Crippen molar-refractivity contribution in [1.29, 1.82) is 0 Å². The number of nitrogens with zero attached hydrogens (tertiary/aromatic N) is 1. The minimum Gasteiger partial charge on any atom is -0.353 e. The van der Waals surface area contributed by atoms with E-state index in [1.165, 1.54) is 34.5 Å². The maximum atomic E-state index is 3.67. The van der Waals surface area contributed by atoms with Crippen molar-refractivity contribution in [3.63, 3.8) is 0 Å². The van der Waals surface area contributed by atoms with E-state index in [-0.39, 0.29) is 6.29 Å². The van der Waals surface area contributed by atoms with E-state index in [9.17, 15) is 0 Å². The average molecular weight is 279 g/mol. The number of para-hydroxylation sites is 1. The Morgan fingerprint density at radius 2 is 1.81 bits per heavy atom. The highest BCUT2D eigenvalue weighted by atomic mass is 15.4. The molecule has 2 aromatic carbocycles. The third kappa shape index (κ3) is 2.38. The molecule has 4 rings (SSSR count). The molecule has 0 amide bonds. The second kappa shape index (κ2) is 5.08. The molecule has 0 aliphatic carbocycles. The highest BCUT2D eigenvalue weighted by Crippen LogP contribution is 2.29. The van der Waals surface area contributed by atoms with Crippen LogP contribution in [0, 0.1) is 6.92 Å². The molecule has 0 aromatic heterocycles. The Morgan fingerprint density at radius 3 is 2.71 bits per heavy atom. The second-order valence-electron chi connectivity index (χ2n) is 6.08. The number of aryl methyl sites for hydroxylation is 2. The molecule has 3 nitrogen and oxygen atoms in total. The summed E-state index contributed by atoms with van der Waals surface area (Å²) >= 11 is 0. The van der Waals surface area contributed by atoms with Crippen LogP contribution < -0.4 is 10.6 Å². The lowest BCUT2D eigenvalue weighted by molar-refractivity contribution is 0.211. The summed E-state index contributed by atoms with van der Waals surface area (Å²) in [6.45, 7) is 4.30. The third-order valence-electron chi connectivity index (χ3n) is 4.49. The quantitative estimate of drug-likeness (QED) is 0.772. The van der Waals surface area contributed by atoms with Crippen LogP contribution in [0.25, 0.3) is 0 Å². The van der Waals surface area contributed by atoms with Gasteiger partial charge in [0, 0.05) is 24.5 Å². The standard InChI is InChI=1S/C18H21N3/c1-13-8-9-17-15(11-13)12-21-10-4-6-14-5-2-3-7-16(14)19-18(21)20-17/h2-3,5,7-9,11,18-20H,4,6,10,12H2,1H3. The number of rotatable bonds is 0. The highest BCUT2D eigenvalue weighted by Gasteiger charge is 2.26. The maximum absolute atomic E-state index is 3.67. The van der Waals surface area contributed by atoms with Gasteiger partial charge in [-0.2, -0.15) is 0 Å². The van der Waals surface area contributed by atoms with Crippen LogP contribution in [0.2, 0.25) is 0 Å². The van der Waals surface area contributed by atoms with Gasteiger partial charge in [-0.3, -0.25) is 4.90 Å². The van der Waals surface area contributed by atoms with Gasteiger partial charge in [0.05, 0.1) is 0 Å². The average Bonchev–Trinajstić information content (AvgIpc) is 2.47. The summed E-state index contributed by atoms with van der Waals surface area (Å²) in [5.74, 6) is 0. The van der Waals surface area contributed by atoms with Gasteiger partial charge in [0.15, 0.2) is 6.29 Å². The number of hydrogen-bond acceptors (Lipinski definition) is 3. The highest BCUT2D eigenvalue weighted by molar-refractivity contribution is 5.58. The van der Waals surface area contributed by atoms with E-state index >= 15 is 0 Å². The maximum Gasteiger partial charge on any atom is 0.155 e. The summed E-state index contributed by atoms with van der Waals surface area (Å²) in [7, 11) is 0. The first-order valence-corrected chi connectivity index (χ1v) is 7.74. The van der Waals surface area contributed by atoms with Crippen molar-refractivity contribution in [2.24, 2.45) is 0 Å². The Morgan fingerprint density at radius 1 is 1.00 bits per heavy atom. The largest absolute Gasteiger partial charge is 0.353 e. The Bertz CT molecular complexity index is 665. The van der Waals surface area contributed by atoms with Crippen molar-refractivity contribution in [3.05, 3.63) is 59.2 Å². The zero-order chi connectivity index (χ0) is 14.2. The zero-order valence-electron chi connectivity index (χ0n) is 12.4. The fourth-order valence-corrected chi connectivity index (χ4v) is 3.38. The van der Waals surface area contributed by atoms with E-state index in [1.54, 1.807) is 0 Å². The summed E-state index contributed by atoms with van der Waals surface area (Å²) < 4.78 is 0. The van der Waals surface area contributed by atoms with Crippen molar-refractivity contribution < 1.29 is 0 Å². The van der Waals surface area contributed by atoms with Crippen LogP contribution in [0.5, 0.6) is 0 Å². The molecule has 1 atom stereocenters. The van der Waals surface area contributed by atoms with E-state index in [0.717, 1.165) is 19.5 Å². The summed E-state index contributed by atoms with van der Waals surface area (Å²) in [6.07, 6.45) is 2.53. The Hall–Kier alpha value is -2.00. The summed E-state index contributed by atoms with van der Waals surface area (Å²) in [4.78, 5) is 2.50. The molecule has 2 aliphatic heterocycles. The van der Waals surface area contributed by atoms with Gasteiger partial charge < -0.3 is 10.6 Å². The molecule has 108 valence electrons. The molecule has 0 radical (unpaired) electrons. The van der Waals surface area contributed by atoms with Gasteiger partial charge in [-0.25, -0.2) is 0 Å². The van der Waals surface area contributed by atoms with E-state index < -0.39 is 0 Å². The van der Waals surface area contributed by atoms with Gasteiger partial charge in [-0.05, 0) is 43.0 Å². The van der Waals surface area contributed by atoms with Gasteiger partial charge >= 0.3 is 0 Å². The molecule has 0 fully saturated rings. The van der Waals surface area contributed by atoms with Crippen molar-refractivity contribution >= 4 is 11.4 Å². The van der Waals surface area contributed by atoms with Crippen LogP contribution in [0.1, 0.15) is 23.1 Å². The van der Waals surface area contributed by atoms with Crippen LogP contribution in [0.4, 0.5) is 11.4 Å². The van der Waals surface area contributed by atoms with E-state index in [2.05, 4.69) is 64.9 Å². The molecule has 2 aliphatic rings. The lowest BCUT2D eigenvalue weighted by atomic mass is 10.0. The van der Waals surface area contributed by atoms with Crippen molar-refractivity contribution in [3.8, 4) is 0 Å². The second-order valence-corrected chi connectivity index (χ2v) is 6.08. The van der Waals surface area contributed by atoms with Gasteiger partial charge in [0.2, 0.25) is 0 Å². The number of anilines is 2. The van der Waals surface area contributed by atoms with E-state index in [0.29, 0.717) is 0 Å². The number of benzene rings is 2. The molecule has 2 N–H and O–H groups in total. The van der Waals surface area contributed by atoms with Crippen LogP contribution in [0.3, 0.4) is 0 Å². The molecule has 0 spiro atoms. The number of fused-ring (bicyclic) bond motifs is 3. The monoisotopic (exact) mass is 279 g/mol. The van der Waals surface area contributed by atoms with Gasteiger partial charge in [0.1, 0.15) is 0 Å². The van der Waals surface area contributed by atoms with E-state index in [4.69, 9.17) is 0 Å². The topological polar surface area (TPSA) is 27.3 Å². The molecular weight excluding hydrogens is 258 g/mol. The molecular formula is C18H21N3. The van der Waals surface area contributed by atoms with Gasteiger partial charge in [-0.15, -0.1) is 0 Å². The molecule has 2 heterocycles. The zero-order valence-corrected chi connectivity index (χ0v) is 12.4. The first kappa shape index (κ1) is 12.7. The third-order valence-corrected chi connectivity index (χ3v) is 4.49. The molecule has 0 saturated heterocycles. The van der Waals surface area contributed by atoms with Crippen LogP contribution >= 0.6 is 0 Å². The van der Waals surface area contributed by atoms with Crippen LogP contribution in [-0.2, 0) is 13.0 Å². The fourth-order valence-electron chi connectivity index (χ4n) is 3.38. The minimum atomic E-state index is 0.182. The SMILES string of the molecule is Cc1ccc2c(c1)CN1CCCc3ccccc3NC1N2. The molecule has 3 heteroatoms. The molecule has 1 unspecified atom stereocenters. The molecule has 21 heavy (non-hydrogen) atoms. The Labute approximate surface area is 126 Å². The van der Waals surface area contributed by atoms with Crippen LogP contribution in [0.15, 0.2) is 42.5 Å². The Kier molecular flexibility index (Phi) is 3.08. The summed E-state index contributed by atoms with van der Waals surface area (Å²) in [5, 5.41) is 7.32. The first-order valence-electron chi connectivity index (χ1n) is 7.74. The summed E-state index contributed by atoms with van der Waals surface area (Å²) in [5.41, 5.74) is 6.68. The predicted molar refractivity (Wildman–Crippen MR) is 87.4 cm³/mol. The fraction of sp³-hybridized carbons (Fsp3) is 0.333. The van der Waals surface area contributed by atoms with Crippen molar-refractivity contribution in [2.75, 3.05) is 17.2 Å². The summed E-state index contributed by atoms with van der Waals surface area (Å²) in [6, 6.07) is 15.3. The molecule has 2 aromatic rings. The Balaban J connectivity index is 1.67. The normalized spacial score (nSPS) is 20.9. The van der Waals surface area contributed by atoms with Crippen molar-refractivity contribution in [2.45, 2.75) is 32.6 Å². The minimum absolute atomic E-state index is 0.182. The van der Waals surface area contributed by atoms with Gasteiger partial charge in [0.25, 0.3) is 0 Å². The number of hydrogen-bond donors (Lipinski definition) is 2. The van der Waals surface area contributed by atoms with Crippen molar-refractivity contribution in [1.82, 2.24) is 4.90 Å². The predicted octanol–water partition coefficient (Wildman–Crippen LogP) is 3.56. The van der Waals surface area contributed by atoms with E-state index in [1.807, 2.05) is 0 Å². The lowest BCUT2D eigenvalue weighted by Gasteiger charge is -2.40. The first-order chi connectivity index (χ1) is 10.3. The number of nitrogens with one attached hydrogen (secondary N) is 2.